The summed E-state index contributed by atoms with van der Waals surface area (Å²) in [4.78, 5) is 2.65. The molecule has 0 amide bonds. The van der Waals surface area contributed by atoms with Gasteiger partial charge in [-0.05, 0) is 44.3 Å². The molecule has 0 aromatic carbocycles. The first kappa shape index (κ1) is 13.0. The van der Waals surface area contributed by atoms with Gasteiger partial charge in [-0.15, -0.1) is 0 Å². The lowest BCUT2D eigenvalue weighted by Crippen LogP contribution is -2.32. The van der Waals surface area contributed by atoms with Crippen LogP contribution in [0.2, 0.25) is 0 Å². The van der Waals surface area contributed by atoms with Gasteiger partial charge in [-0.1, -0.05) is 27.2 Å². The second-order valence-electron chi connectivity index (χ2n) is 5.13. The Kier molecular flexibility index (Phi) is 6.26. The molecule has 0 saturated carbocycles. The van der Waals surface area contributed by atoms with Gasteiger partial charge in [-0.2, -0.15) is 0 Å². The maximum atomic E-state index is 3.51. The zero-order chi connectivity index (χ0) is 11.1. The van der Waals surface area contributed by atoms with Crippen molar-refractivity contribution in [2.24, 2.45) is 11.8 Å². The van der Waals surface area contributed by atoms with Gasteiger partial charge < -0.3 is 10.2 Å². The Morgan fingerprint density at radius 3 is 2.80 bits per heavy atom. The van der Waals surface area contributed by atoms with Crippen molar-refractivity contribution in [2.75, 3.05) is 32.7 Å². The minimum atomic E-state index is 0.798. The summed E-state index contributed by atoms with van der Waals surface area (Å²) in [6, 6.07) is 0. The number of hydrogen-bond donors (Lipinski definition) is 1. The van der Waals surface area contributed by atoms with Crippen LogP contribution in [-0.4, -0.2) is 37.6 Å². The first-order valence-electron chi connectivity index (χ1n) is 6.69. The molecule has 0 aromatic heterocycles. The summed E-state index contributed by atoms with van der Waals surface area (Å²) in [5.41, 5.74) is 0. The Hall–Kier alpha value is -0.0800. The summed E-state index contributed by atoms with van der Waals surface area (Å²) >= 11 is 0. The van der Waals surface area contributed by atoms with Gasteiger partial charge in [0.25, 0.3) is 0 Å². The van der Waals surface area contributed by atoms with Gasteiger partial charge in [0.2, 0.25) is 0 Å². The van der Waals surface area contributed by atoms with Crippen LogP contribution in [0.5, 0.6) is 0 Å². The molecule has 15 heavy (non-hydrogen) atoms. The predicted octanol–water partition coefficient (Wildman–Crippen LogP) is 2.35. The molecule has 2 atom stereocenters. The molecule has 1 aliphatic rings. The van der Waals surface area contributed by atoms with Crippen LogP contribution in [0, 0.1) is 11.8 Å². The number of nitrogens with one attached hydrogen (secondary N) is 1. The quantitative estimate of drug-likeness (QED) is 0.652. The van der Waals surface area contributed by atoms with E-state index in [2.05, 4.69) is 31.0 Å². The highest BCUT2D eigenvalue weighted by molar-refractivity contribution is 4.76. The maximum absolute atomic E-state index is 3.51. The standard InChI is InChI=1S/C13H28N2/c1-4-7-14-9-12(3)10-15-8-6-13(5-2)11-15/h12-14H,4-11H2,1-3H3. The maximum Gasteiger partial charge on any atom is 0.00193 e. The van der Waals surface area contributed by atoms with Crippen LogP contribution in [0.3, 0.4) is 0 Å². The summed E-state index contributed by atoms with van der Waals surface area (Å²) in [7, 11) is 0. The van der Waals surface area contributed by atoms with Crippen LogP contribution in [0.15, 0.2) is 0 Å². The predicted molar refractivity (Wildman–Crippen MR) is 67.2 cm³/mol. The van der Waals surface area contributed by atoms with Crippen LogP contribution >= 0.6 is 0 Å². The summed E-state index contributed by atoms with van der Waals surface area (Å²) < 4.78 is 0. The number of likely N-dealkylation sites (tertiary alicyclic amines) is 1. The average molecular weight is 212 g/mol. The van der Waals surface area contributed by atoms with Crippen molar-refractivity contribution in [3.63, 3.8) is 0 Å². The minimum absolute atomic E-state index is 0.798. The van der Waals surface area contributed by atoms with E-state index in [4.69, 9.17) is 0 Å². The molecule has 0 aromatic rings. The Morgan fingerprint density at radius 2 is 2.20 bits per heavy atom. The fourth-order valence-electron chi connectivity index (χ4n) is 2.44. The van der Waals surface area contributed by atoms with Crippen LogP contribution in [-0.2, 0) is 0 Å². The lowest BCUT2D eigenvalue weighted by Gasteiger charge is -2.21. The molecule has 2 unspecified atom stereocenters. The van der Waals surface area contributed by atoms with E-state index in [0.29, 0.717) is 0 Å². The molecule has 0 bridgehead atoms. The van der Waals surface area contributed by atoms with E-state index in [1.165, 1.54) is 52.0 Å². The second-order valence-corrected chi connectivity index (χ2v) is 5.13. The van der Waals surface area contributed by atoms with Gasteiger partial charge in [-0.3, -0.25) is 0 Å². The van der Waals surface area contributed by atoms with Crippen molar-refractivity contribution in [2.45, 2.75) is 40.0 Å². The second kappa shape index (κ2) is 7.24. The molecule has 1 aliphatic heterocycles. The third-order valence-corrected chi connectivity index (χ3v) is 3.44. The monoisotopic (exact) mass is 212 g/mol. The summed E-state index contributed by atoms with van der Waals surface area (Å²) in [6.45, 7) is 13.2. The zero-order valence-corrected chi connectivity index (χ0v) is 10.8. The molecule has 0 spiro atoms. The molecule has 0 aliphatic carbocycles. The van der Waals surface area contributed by atoms with E-state index in [-0.39, 0.29) is 0 Å². The van der Waals surface area contributed by atoms with Gasteiger partial charge in [-0.25, -0.2) is 0 Å². The molecule has 1 saturated heterocycles. The third kappa shape index (κ3) is 4.98. The summed E-state index contributed by atoms with van der Waals surface area (Å²) in [5.74, 6) is 1.77. The molecule has 2 heteroatoms. The van der Waals surface area contributed by atoms with Gasteiger partial charge in [0.15, 0.2) is 0 Å². The van der Waals surface area contributed by atoms with Gasteiger partial charge in [0, 0.05) is 13.1 Å². The Labute approximate surface area is 95.4 Å². The lowest BCUT2D eigenvalue weighted by atomic mass is 10.1. The fourth-order valence-corrected chi connectivity index (χ4v) is 2.44. The van der Waals surface area contributed by atoms with Crippen molar-refractivity contribution in [1.29, 1.82) is 0 Å². The molecule has 0 radical (unpaired) electrons. The van der Waals surface area contributed by atoms with Crippen LogP contribution in [0.4, 0.5) is 0 Å². The Morgan fingerprint density at radius 1 is 1.40 bits per heavy atom. The van der Waals surface area contributed by atoms with E-state index in [9.17, 15) is 0 Å². The van der Waals surface area contributed by atoms with E-state index in [1.54, 1.807) is 0 Å². The number of rotatable bonds is 7. The number of hydrogen-bond acceptors (Lipinski definition) is 2. The smallest absolute Gasteiger partial charge is 0.00193 e. The van der Waals surface area contributed by atoms with Crippen LogP contribution in [0.25, 0.3) is 0 Å². The highest BCUT2D eigenvalue weighted by atomic mass is 15.1. The van der Waals surface area contributed by atoms with Gasteiger partial charge in [0.05, 0.1) is 0 Å². The van der Waals surface area contributed by atoms with Crippen molar-refractivity contribution in [3.05, 3.63) is 0 Å². The van der Waals surface area contributed by atoms with Gasteiger partial charge >= 0.3 is 0 Å². The first-order chi connectivity index (χ1) is 7.26. The molecule has 2 nitrogen and oxygen atoms in total. The van der Waals surface area contributed by atoms with Crippen molar-refractivity contribution < 1.29 is 0 Å². The molecular weight excluding hydrogens is 184 g/mol. The highest BCUT2D eigenvalue weighted by Crippen LogP contribution is 2.19. The minimum Gasteiger partial charge on any atom is -0.316 e. The first-order valence-corrected chi connectivity index (χ1v) is 6.69. The van der Waals surface area contributed by atoms with E-state index in [1.807, 2.05) is 0 Å². The lowest BCUT2D eigenvalue weighted by molar-refractivity contribution is 0.272. The highest BCUT2D eigenvalue weighted by Gasteiger charge is 2.21. The molecule has 1 rings (SSSR count). The molecule has 1 N–H and O–H groups in total. The van der Waals surface area contributed by atoms with Gasteiger partial charge in [0.1, 0.15) is 0 Å². The SMILES string of the molecule is CCCNCC(C)CN1CCC(CC)C1. The summed E-state index contributed by atoms with van der Waals surface area (Å²) in [5, 5.41) is 3.51. The normalized spacial score (nSPS) is 24.6. The Bertz CT molecular complexity index is 159. The van der Waals surface area contributed by atoms with E-state index < -0.39 is 0 Å². The van der Waals surface area contributed by atoms with Crippen LogP contribution in [0.1, 0.15) is 40.0 Å². The van der Waals surface area contributed by atoms with E-state index in [0.717, 1.165) is 11.8 Å². The zero-order valence-electron chi connectivity index (χ0n) is 10.8. The summed E-state index contributed by atoms with van der Waals surface area (Å²) in [6.07, 6.45) is 4.03. The largest absolute Gasteiger partial charge is 0.316 e. The molecule has 1 heterocycles. The Balaban J connectivity index is 2.07. The molecular formula is C13H28N2. The van der Waals surface area contributed by atoms with Crippen molar-refractivity contribution in [3.8, 4) is 0 Å². The average Bonchev–Trinajstić information content (AvgIpc) is 2.66. The topological polar surface area (TPSA) is 15.3 Å². The fraction of sp³-hybridized carbons (Fsp3) is 1.00. The van der Waals surface area contributed by atoms with Crippen molar-refractivity contribution in [1.82, 2.24) is 10.2 Å². The molecule has 1 fully saturated rings. The van der Waals surface area contributed by atoms with Crippen LogP contribution < -0.4 is 5.32 Å². The molecule has 90 valence electrons. The number of nitrogens with zero attached hydrogens (tertiary/aromatic N) is 1. The van der Waals surface area contributed by atoms with Crippen molar-refractivity contribution >= 4 is 0 Å². The van der Waals surface area contributed by atoms with E-state index >= 15 is 0 Å². The third-order valence-electron chi connectivity index (χ3n) is 3.44.